The summed E-state index contributed by atoms with van der Waals surface area (Å²) in [6.07, 6.45) is 1.16. The third-order valence-corrected chi connectivity index (χ3v) is 4.25. The maximum absolute atomic E-state index is 12.2. The molecule has 1 amide bonds. The molecule has 0 aromatic carbocycles. The molecular weight excluding hydrogens is 278 g/mol. The lowest BCUT2D eigenvalue weighted by molar-refractivity contribution is -0.130. The standard InChI is InChI=1S/C14H19NO4S/c1-9-5-10(2)7-15(6-9)12(16)8-20-13-4-3-11(19-13)14(17)18/h3-4,9-10H,5-8H2,1-2H3,(H,17,18). The number of rotatable bonds is 4. The van der Waals surface area contributed by atoms with E-state index in [1.54, 1.807) is 6.07 Å². The highest BCUT2D eigenvalue weighted by molar-refractivity contribution is 7.99. The molecular formula is C14H19NO4S. The van der Waals surface area contributed by atoms with Gasteiger partial charge in [0.2, 0.25) is 11.7 Å². The van der Waals surface area contributed by atoms with E-state index in [0.717, 1.165) is 19.5 Å². The lowest BCUT2D eigenvalue weighted by atomic mass is 9.92. The van der Waals surface area contributed by atoms with Gasteiger partial charge in [0.15, 0.2) is 5.09 Å². The number of thioether (sulfide) groups is 1. The summed E-state index contributed by atoms with van der Waals surface area (Å²) in [5.41, 5.74) is 0. The van der Waals surface area contributed by atoms with E-state index in [1.165, 1.54) is 17.8 Å². The van der Waals surface area contributed by atoms with Crippen molar-refractivity contribution in [3.05, 3.63) is 17.9 Å². The number of piperidine rings is 1. The largest absolute Gasteiger partial charge is 0.475 e. The Morgan fingerprint density at radius 1 is 1.35 bits per heavy atom. The van der Waals surface area contributed by atoms with Crippen LogP contribution in [-0.4, -0.2) is 40.7 Å². The van der Waals surface area contributed by atoms with Gasteiger partial charge < -0.3 is 14.4 Å². The van der Waals surface area contributed by atoms with Crippen molar-refractivity contribution in [1.29, 1.82) is 0 Å². The molecule has 2 unspecified atom stereocenters. The molecule has 0 saturated carbocycles. The molecule has 0 radical (unpaired) electrons. The highest BCUT2D eigenvalue weighted by atomic mass is 32.2. The second kappa shape index (κ2) is 6.35. The molecule has 0 spiro atoms. The first kappa shape index (κ1) is 15.0. The fourth-order valence-corrected chi connectivity index (χ4v) is 3.36. The van der Waals surface area contributed by atoms with Crippen LogP contribution in [0.4, 0.5) is 0 Å². The molecule has 1 aliphatic heterocycles. The monoisotopic (exact) mass is 297 g/mol. The normalized spacial score (nSPS) is 22.8. The number of carboxylic acid groups (broad SMARTS) is 1. The van der Waals surface area contributed by atoms with Crippen molar-refractivity contribution < 1.29 is 19.1 Å². The first-order chi connectivity index (χ1) is 9.45. The molecule has 2 heterocycles. The summed E-state index contributed by atoms with van der Waals surface area (Å²) >= 11 is 1.24. The van der Waals surface area contributed by atoms with Gasteiger partial charge in [-0.1, -0.05) is 25.6 Å². The maximum Gasteiger partial charge on any atom is 0.371 e. The average molecular weight is 297 g/mol. The second-order valence-electron chi connectivity index (χ2n) is 5.46. The third-order valence-electron chi connectivity index (χ3n) is 3.35. The van der Waals surface area contributed by atoms with Crippen molar-refractivity contribution in [1.82, 2.24) is 4.90 Å². The quantitative estimate of drug-likeness (QED) is 0.865. The van der Waals surface area contributed by atoms with Crippen LogP contribution in [0.25, 0.3) is 0 Å². The number of nitrogens with zero attached hydrogens (tertiary/aromatic N) is 1. The number of carboxylic acids is 1. The van der Waals surface area contributed by atoms with Crippen LogP contribution in [-0.2, 0) is 4.79 Å². The molecule has 1 saturated heterocycles. The molecule has 0 bridgehead atoms. The Balaban J connectivity index is 1.86. The minimum Gasteiger partial charge on any atom is -0.475 e. The Labute approximate surface area is 122 Å². The molecule has 1 aromatic heterocycles. The summed E-state index contributed by atoms with van der Waals surface area (Å²) in [5, 5.41) is 9.23. The van der Waals surface area contributed by atoms with Crippen LogP contribution in [0.15, 0.2) is 21.6 Å². The van der Waals surface area contributed by atoms with Crippen molar-refractivity contribution in [3.63, 3.8) is 0 Å². The number of furan rings is 1. The Kier molecular flexibility index (Phi) is 4.75. The van der Waals surface area contributed by atoms with E-state index >= 15 is 0 Å². The first-order valence-electron chi connectivity index (χ1n) is 6.69. The Bertz CT molecular complexity index is 489. The van der Waals surface area contributed by atoms with Crippen LogP contribution >= 0.6 is 11.8 Å². The molecule has 6 heteroatoms. The smallest absolute Gasteiger partial charge is 0.371 e. The van der Waals surface area contributed by atoms with E-state index in [1.807, 2.05) is 4.90 Å². The van der Waals surface area contributed by atoms with Gasteiger partial charge in [0.25, 0.3) is 0 Å². The van der Waals surface area contributed by atoms with Crippen LogP contribution < -0.4 is 0 Å². The maximum atomic E-state index is 12.2. The molecule has 20 heavy (non-hydrogen) atoms. The molecule has 1 N–H and O–H groups in total. The fourth-order valence-electron chi connectivity index (χ4n) is 2.60. The average Bonchev–Trinajstić information content (AvgIpc) is 2.83. The summed E-state index contributed by atoms with van der Waals surface area (Å²) in [6, 6.07) is 2.99. The minimum absolute atomic E-state index is 0.0849. The molecule has 2 rings (SSSR count). The molecule has 2 atom stereocenters. The molecule has 0 aliphatic carbocycles. The van der Waals surface area contributed by atoms with Gasteiger partial charge in [0.05, 0.1) is 5.75 Å². The van der Waals surface area contributed by atoms with Gasteiger partial charge in [0, 0.05) is 13.1 Å². The van der Waals surface area contributed by atoms with Crippen LogP contribution in [0.1, 0.15) is 30.8 Å². The molecule has 1 fully saturated rings. The summed E-state index contributed by atoms with van der Waals surface area (Å²) in [5.74, 6) is 0.250. The number of carbonyl (C=O) groups excluding carboxylic acids is 1. The minimum atomic E-state index is -1.10. The van der Waals surface area contributed by atoms with Crippen LogP contribution in [0.3, 0.4) is 0 Å². The number of amides is 1. The number of hydrogen-bond donors (Lipinski definition) is 1. The third kappa shape index (κ3) is 3.79. The van der Waals surface area contributed by atoms with Gasteiger partial charge in [-0.2, -0.15) is 0 Å². The van der Waals surface area contributed by atoms with Crippen LogP contribution in [0.2, 0.25) is 0 Å². The molecule has 5 nitrogen and oxygen atoms in total. The van der Waals surface area contributed by atoms with Crippen LogP contribution in [0.5, 0.6) is 0 Å². The first-order valence-corrected chi connectivity index (χ1v) is 7.68. The van der Waals surface area contributed by atoms with Crippen molar-refractivity contribution >= 4 is 23.6 Å². The summed E-state index contributed by atoms with van der Waals surface area (Å²) in [6.45, 7) is 5.94. The number of carbonyl (C=O) groups is 2. The summed E-state index contributed by atoms with van der Waals surface area (Å²) in [4.78, 5) is 24.7. The van der Waals surface area contributed by atoms with E-state index in [-0.39, 0.29) is 17.4 Å². The van der Waals surface area contributed by atoms with E-state index < -0.39 is 5.97 Å². The Morgan fingerprint density at radius 3 is 2.55 bits per heavy atom. The lowest BCUT2D eigenvalue weighted by Gasteiger charge is -2.34. The van der Waals surface area contributed by atoms with Gasteiger partial charge in [-0.3, -0.25) is 4.79 Å². The van der Waals surface area contributed by atoms with Gasteiger partial charge in [0.1, 0.15) is 0 Å². The van der Waals surface area contributed by atoms with E-state index in [0.29, 0.717) is 16.9 Å². The molecule has 110 valence electrons. The highest BCUT2D eigenvalue weighted by Crippen LogP contribution is 2.24. The fraction of sp³-hybridized carbons (Fsp3) is 0.571. The second-order valence-corrected chi connectivity index (χ2v) is 6.44. The Morgan fingerprint density at radius 2 is 2.00 bits per heavy atom. The van der Waals surface area contributed by atoms with Gasteiger partial charge >= 0.3 is 5.97 Å². The number of hydrogen-bond acceptors (Lipinski definition) is 4. The topological polar surface area (TPSA) is 70.8 Å². The van der Waals surface area contributed by atoms with Crippen LogP contribution in [0, 0.1) is 11.8 Å². The predicted molar refractivity (Wildman–Crippen MR) is 75.9 cm³/mol. The van der Waals surface area contributed by atoms with Crippen molar-refractivity contribution in [2.75, 3.05) is 18.8 Å². The van der Waals surface area contributed by atoms with E-state index in [9.17, 15) is 9.59 Å². The SMILES string of the molecule is CC1CC(C)CN(C(=O)CSc2ccc(C(=O)O)o2)C1. The van der Waals surface area contributed by atoms with Gasteiger partial charge in [-0.05, 0) is 30.4 Å². The lowest BCUT2D eigenvalue weighted by Crippen LogP contribution is -2.43. The predicted octanol–water partition coefficient (Wildman–Crippen LogP) is 2.57. The zero-order valence-corrected chi connectivity index (χ0v) is 12.5. The zero-order valence-electron chi connectivity index (χ0n) is 11.7. The number of aromatic carboxylic acids is 1. The summed E-state index contributed by atoms with van der Waals surface area (Å²) in [7, 11) is 0. The number of likely N-dealkylation sites (tertiary alicyclic amines) is 1. The van der Waals surface area contributed by atoms with Crippen molar-refractivity contribution in [3.8, 4) is 0 Å². The molecule has 1 aliphatic rings. The van der Waals surface area contributed by atoms with E-state index in [4.69, 9.17) is 9.52 Å². The highest BCUT2D eigenvalue weighted by Gasteiger charge is 2.25. The van der Waals surface area contributed by atoms with Crippen molar-refractivity contribution in [2.24, 2.45) is 11.8 Å². The zero-order chi connectivity index (χ0) is 14.7. The van der Waals surface area contributed by atoms with Crippen molar-refractivity contribution in [2.45, 2.75) is 25.4 Å². The molecule has 1 aromatic rings. The Hall–Kier alpha value is -1.43. The van der Waals surface area contributed by atoms with Gasteiger partial charge in [-0.15, -0.1) is 0 Å². The summed E-state index contributed by atoms with van der Waals surface area (Å²) < 4.78 is 5.12. The van der Waals surface area contributed by atoms with Gasteiger partial charge in [-0.25, -0.2) is 4.79 Å². The van der Waals surface area contributed by atoms with E-state index in [2.05, 4.69) is 13.8 Å².